The number of carbonyl (C=O) groups excluding carboxylic acids is 1. The summed E-state index contributed by atoms with van der Waals surface area (Å²) in [5.74, 6) is 0.193. The largest absolute Gasteiger partial charge is 0.460 e. The van der Waals surface area contributed by atoms with Gasteiger partial charge in [-0.2, -0.15) is 0 Å². The lowest BCUT2D eigenvalue weighted by atomic mass is 9.85. The summed E-state index contributed by atoms with van der Waals surface area (Å²) in [5.41, 5.74) is -0.313. The van der Waals surface area contributed by atoms with E-state index in [9.17, 15) is 4.79 Å². The molecule has 100 valence electrons. The topological polar surface area (TPSA) is 47.9 Å². The van der Waals surface area contributed by atoms with Gasteiger partial charge in [0.1, 0.15) is 11.9 Å². The molecule has 2 aliphatic rings. The van der Waals surface area contributed by atoms with Crippen LogP contribution in [-0.4, -0.2) is 17.8 Å². The second-order valence-electron chi connectivity index (χ2n) is 5.23. The minimum Gasteiger partial charge on any atom is -0.460 e. The zero-order valence-electron chi connectivity index (χ0n) is 11.3. The van der Waals surface area contributed by atoms with E-state index in [-0.39, 0.29) is 17.5 Å². The Kier molecular flexibility index (Phi) is 5.62. The van der Waals surface area contributed by atoms with Crippen molar-refractivity contribution in [3.05, 3.63) is 24.5 Å². The summed E-state index contributed by atoms with van der Waals surface area (Å²) in [7, 11) is 0. The van der Waals surface area contributed by atoms with Gasteiger partial charge in [0.15, 0.2) is 0 Å². The Morgan fingerprint density at radius 2 is 2.00 bits per heavy atom. The maximum Gasteiger partial charge on any atom is 0.309 e. The fourth-order valence-corrected chi connectivity index (χ4v) is 1.33. The third-order valence-electron chi connectivity index (χ3n) is 2.41. The van der Waals surface area contributed by atoms with Crippen LogP contribution in [0, 0.1) is 5.92 Å². The molecule has 1 saturated carbocycles. The van der Waals surface area contributed by atoms with Crippen LogP contribution in [0.25, 0.3) is 0 Å². The summed E-state index contributed by atoms with van der Waals surface area (Å²) in [6, 6.07) is 0. The molecular weight excluding hydrogens is 230 g/mol. The second kappa shape index (κ2) is 6.99. The first-order valence-corrected chi connectivity index (χ1v) is 6.23. The first-order valence-electron chi connectivity index (χ1n) is 6.23. The van der Waals surface area contributed by atoms with Crippen molar-refractivity contribution in [1.29, 1.82) is 0 Å². The molecule has 1 heterocycles. The van der Waals surface area contributed by atoms with E-state index in [2.05, 4.69) is 9.99 Å². The lowest BCUT2D eigenvalue weighted by Crippen LogP contribution is -2.31. The monoisotopic (exact) mass is 251 g/mol. The highest BCUT2D eigenvalue weighted by atomic mass is 16.6. The standard InChI is InChI=1S/C9H16O2.C5H5NO/c1-9(2,3)11-8(10)7-5-4-6-7;1-2-4-6-7-5-3-1/h7H,4-6H2,1-3H3;1-5H. The van der Waals surface area contributed by atoms with E-state index in [1.165, 1.54) is 12.7 Å². The molecule has 4 nitrogen and oxygen atoms in total. The molecule has 1 aliphatic carbocycles. The summed E-state index contributed by atoms with van der Waals surface area (Å²) in [4.78, 5) is 15.7. The molecule has 0 aromatic heterocycles. The third kappa shape index (κ3) is 6.23. The van der Waals surface area contributed by atoms with Crippen molar-refractivity contribution >= 4 is 12.2 Å². The van der Waals surface area contributed by atoms with Gasteiger partial charge in [-0.1, -0.05) is 17.7 Å². The molecule has 0 N–H and O–H groups in total. The van der Waals surface area contributed by atoms with Crippen molar-refractivity contribution in [2.75, 3.05) is 0 Å². The van der Waals surface area contributed by atoms with E-state index in [4.69, 9.17) is 4.74 Å². The Balaban J connectivity index is 0.000000199. The lowest BCUT2D eigenvalue weighted by Gasteiger charge is -2.28. The molecule has 4 heteroatoms. The van der Waals surface area contributed by atoms with Gasteiger partial charge in [-0.15, -0.1) is 0 Å². The minimum atomic E-state index is -0.313. The molecule has 0 atom stereocenters. The summed E-state index contributed by atoms with van der Waals surface area (Å²) >= 11 is 0. The van der Waals surface area contributed by atoms with Crippen LogP contribution in [0.3, 0.4) is 0 Å². The van der Waals surface area contributed by atoms with Crippen LogP contribution in [0.15, 0.2) is 29.6 Å². The normalized spacial score (nSPS) is 17.9. The molecule has 0 aromatic rings. The van der Waals surface area contributed by atoms with E-state index >= 15 is 0 Å². The molecule has 1 fully saturated rings. The van der Waals surface area contributed by atoms with Gasteiger partial charge in [-0.05, 0) is 45.8 Å². The molecule has 0 spiro atoms. The minimum absolute atomic E-state index is 0.0104. The molecule has 18 heavy (non-hydrogen) atoms. The van der Waals surface area contributed by atoms with Gasteiger partial charge in [0.25, 0.3) is 0 Å². The first-order chi connectivity index (χ1) is 8.49. The summed E-state index contributed by atoms with van der Waals surface area (Å²) in [5, 5.41) is 3.47. The van der Waals surface area contributed by atoms with Crippen molar-refractivity contribution in [2.24, 2.45) is 11.1 Å². The molecule has 0 amide bonds. The molecule has 0 bridgehead atoms. The van der Waals surface area contributed by atoms with Crippen LogP contribution >= 0.6 is 0 Å². The molecule has 0 unspecified atom stereocenters. The number of hydrogen-bond donors (Lipinski definition) is 0. The number of carbonyl (C=O) groups is 1. The molecule has 1 aliphatic heterocycles. The van der Waals surface area contributed by atoms with E-state index in [1.807, 2.05) is 26.8 Å². The number of oxime groups is 1. The van der Waals surface area contributed by atoms with Crippen LogP contribution in [0.5, 0.6) is 0 Å². The van der Waals surface area contributed by atoms with Crippen LogP contribution in [-0.2, 0) is 14.4 Å². The van der Waals surface area contributed by atoms with Crippen molar-refractivity contribution in [3.8, 4) is 0 Å². The Bertz CT molecular complexity index is 333. The van der Waals surface area contributed by atoms with Crippen molar-refractivity contribution in [1.82, 2.24) is 0 Å². The average Bonchev–Trinajstić information content (AvgIpc) is 2.42. The number of rotatable bonds is 1. The molecular formula is C14H21NO3. The van der Waals surface area contributed by atoms with Crippen LogP contribution in [0.1, 0.15) is 40.0 Å². The van der Waals surface area contributed by atoms with Gasteiger partial charge in [0.05, 0.1) is 12.1 Å². The number of nitrogens with zero attached hydrogens (tertiary/aromatic N) is 1. The highest BCUT2D eigenvalue weighted by Gasteiger charge is 2.29. The fourth-order valence-electron chi connectivity index (χ4n) is 1.33. The van der Waals surface area contributed by atoms with E-state index < -0.39 is 0 Å². The van der Waals surface area contributed by atoms with Gasteiger partial charge >= 0.3 is 5.97 Å². The third-order valence-corrected chi connectivity index (χ3v) is 2.41. The zero-order valence-corrected chi connectivity index (χ0v) is 11.3. The highest BCUT2D eigenvalue weighted by Crippen LogP contribution is 2.28. The van der Waals surface area contributed by atoms with Crippen molar-refractivity contribution in [2.45, 2.75) is 45.6 Å². The fraction of sp³-hybridized carbons (Fsp3) is 0.571. The Morgan fingerprint density at radius 3 is 2.56 bits per heavy atom. The number of ether oxygens (including phenoxy) is 1. The number of esters is 1. The van der Waals surface area contributed by atoms with Crippen LogP contribution in [0.4, 0.5) is 0 Å². The van der Waals surface area contributed by atoms with E-state index in [1.54, 1.807) is 18.4 Å². The smallest absolute Gasteiger partial charge is 0.309 e. The summed E-state index contributed by atoms with van der Waals surface area (Å²) < 4.78 is 5.20. The maximum atomic E-state index is 11.2. The second-order valence-corrected chi connectivity index (χ2v) is 5.23. The molecule has 0 aromatic carbocycles. The van der Waals surface area contributed by atoms with E-state index in [0.29, 0.717) is 0 Å². The van der Waals surface area contributed by atoms with Crippen LogP contribution in [0.2, 0.25) is 0 Å². The van der Waals surface area contributed by atoms with E-state index in [0.717, 1.165) is 12.8 Å². The van der Waals surface area contributed by atoms with Crippen molar-refractivity contribution < 1.29 is 14.4 Å². The highest BCUT2D eigenvalue weighted by molar-refractivity contribution is 5.73. The summed E-state index contributed by atoms with van der Waals surface area (Å²) in [6.45, 7) is 5.72. The Morgan fingerprint density at radius 1 is 1.28 bits per heavy atom. The van der Waals surface area contributed by atoms with Gasteiger partial charge < -0.3 is 9.57 Å². The first kappa shape index (κ1) is 14.5. The maximum absolute atomic E-state index is 11.2. The molecule has 0 saturated heterocycles. The van der Waals surface area contributed by atoms with Gasteiger partial charge in [-0.25, -0.2) is 0 Å². The molecule has 0 radical (unpaired) electrons. The van der Waals surface area contributed by atoms with Gasteiger partial charge in [0, 0.05) is 0 Å². The quantitative estimate of drug-likeness (QED) is 0.672. The predicted molar refractivity (Wildman–Crippen MR) is 71.0 cm³/mol. The zero-order chi connectivity index (χ0) is 13.4. The van der Waals surface area contributed by atoms with Crippen molar-refractivity contribution in [3.63, 3.8) is 0 Å². The predicted octanol–water partition coefficient (Wildman–Crippen LogP) is 3.20. The summed E-state index contributed by atoms with van der Waals surface area (Å²) in [6.07, 6.45) is 11.7. The Hall–Kier alpha value is -1.58. The average molecular weight is 251 g/mol. The van der Waals surface area contributed by atoms with Gasteiger partial charge in [-0.3, -0.25) is 4.79 Å². The SMILES string of the molecule is C1=CC=NOC=C1.CC(C)(C)OC(=O)C1CCC1. The number of allylic oxidation sites excluding steroid dienone is 3. The lowest BCUT2D eigenvalue weighted by molar-refractivity contribution is -0.162. The Labute approximate surface area is 108 Å². The van der Waals surface area contributed by atoms with Gasteiger partial charge in [0.2, 0.25) is 0 Å². The molecule has 2 rings (SSSR count). The number of hydrogen-bond acceptors (Lipinski definition) is 4. The van der Waals surface area contributed by atoms with Crippen LogP contribution < -0.4 is 0 Å².